The summed E-state index contributed by atoms with van der Waals surface area (Å²) in [7, 11) is 0. The molecule has 2 aliphatic carbocycles. The van der Waals surface area contributed by atoms with Gasteiger partial charge in [-0.05, 0) is 26.2 Å². The zero-order valence-electron chi connectivity index (χ0n) is 14.8. The second-order valence-corrected chi connectivity index (χ2v) is 7.05. The number of nitrogens with one attached hydrogen (secondary N) is 2. The number of alkyl halides is 5. The second kappa shape index (κ2) is 7.37. The molecule has 3 rings (SSSR count). The first-order chi connectivity index (χ1) is 12.9. The Kier molecular flexibility index (Phi) is 5.43. The lowest BCUT2D eigenvalue weighted by molar-refractivity contribution is -0.138. The van der Waals surface area contributed by atoms with E-state index < -0.39 is 54.9 Å². The summed E-state index contributed by atoms with van der Waals surface area (Å²) in [5, 5.41) is 14.4. The predicted octanol–water partition coefficient (Wildman–Crippen LogP) is 3.67. The van der Waals surface area contributed by atoms with Crippen LogP contribution in [0.1, 0.15) is 44.9 Å². The fraction of sp³-hybridized carbons (Fsp3) is 0.688. The first-order valence-electron chi connectivity index (χ1n) is 8.75. The molecule has 1 fully saturated rings. The molecule has 0 saturated heterocycles. The van der Waals surface area contributed by atoms with Gasteiger partial charge in [0.25, 0.3) is 5.92 Å². The molecule has 0 aromatic carbocycles. The average molecular weight is 411 g/mol. The van der Waals surface area contributed by atoms with Crippen molar-refractivity contribution in [3.63, 3.8) is 0 Å². The van der Waals surface area contributed by atoms with Crippen LogP contribution in [0.4, 0.5) is 38.2 Å². The van der Waals surface area contributed by atoms with Crippen LogP contribution >= 0.6 is 0 Å². The summed E-state index contributed by atoms with van der Waals surface area (Å²) in [5.74, 6) is -4.61. The van der Waals surface area contributed by atoms with E-state index in [-0.39, 0.29) is 30.2 Å². The lowest BCUT2D eigenvalue weighted by Gasteiger charge is -2.35. The number of allylic oxidation sites excluding steroid dienone is 1. The lowest BCUT2D eigenvalue weighted by atomic mass is 9.88. The van der Waals surface area contributed by atoms with Gasteiger partial charge in [-0.25, -0.2) is 13.2 Å². The number of hydrogen-bond donors (Lipinski definition) is 3. The summed E-state index contributed by atoms with van der Waals surface area (Å²) < 4.78 is 78.8. The van der Waals surface area contributed by atoms with Crippen LogP contribution in [0.2, 0.25) is 0 Å². The van der Waals surface area contributed by atoms with Crippen LogP contribution in [-0.2, 0) is 0 Å². The second-order valence-electron chi connectivity index (χ2n) is 7.05. The molecule has 0 amide bonds. The zero-order valence-corrected chi connectivity index (χ0v) is 14.8. The maximum absolute atomic E-state index is 14.3. The monoisotopic (exact) mass is 411 g/mol. The summed E-state index contributed by atoms with van der Waals surface area (Å²) >= 11 is 0. The third-order valence-corrected chi connectivity index (χ3v) is 4.65. The van der Waals surface area contributed by atoms with E-state index in [1.807, 2.05) is 0 Å². The van der Waals surface area contributed by atoms with Crippen LogP contribution in [-0.4, -0.2) is 50.3 Å². The zero-order chi connectivity index (χ0) is 20.7. The molecular weight excluding hydrogens is 392 g/mol. The van der Waals surface area contributed by atoms with Gasteiger partial charge >= 0.3 is 6.18 Å². The van der Waals surface area contributed by atoms with Gasteiger partial charge in [-0.3, -0.25) is 0 Å². The smallest absolute Gasteiger partial charge is 0.386 e. The van der Waals surface area contributed by atoms with Gasteiger partial charge < -0.3 is 15.7 Å². The fourth-order valence-electron chi connectivity index (χ4n) is 3.00. The van der Waals surface area contributed by atoms with Gasteiger partial charge in [0.05, 0.1) is 0 Å². The molecule has 3 N–H and O–H groups in total. The minimum atomic E-state index is -4.58. The molecule has 2 atom stereocenters. The summed E-state index contributed by atoms with van der Waals surface area (Å²) in [6.07, 6.45) is -6.03. The highest BCUT2D eigenvalue weighted by atomic mass is 19.4. The first-order valence-corrected chi connectivity index (χ1v) is 8.75. The summed E-state index contributed by atoms with van der Waals surface area (Å²) in [4.78, 5) is 11.6. The quantitative estimate of drug-likeness (QED) is 0.642. The van der Waals surface area contributed by atoms with Gasteiger partial charge in [0.15, 0.2) is 5.82 Å². The van der Waals surface area contributed by atoms with E-state index in [0.29, 0.717) is 6.42 Å². The molecule has 2 aliphatic rings. The van der Waals surface area contributed by atoms with Gasteiger partial charge in [-0.15, -0.1) is 0 Å². The molecule has 1 unspecified atom stereocenters. The molecule has 6 nitrogen and oxygen atoms in total. The number of anilines is 2. The Balaban J connectivity index is 1.91. The summed E-state index contributed by atoms with van der Waals surface area (Å²) in [5.41, 5.74) is -0.0362. The van der Waals surface area contributed by atoms with E-state index in [1.54, 1.807) is 0 Å². The van der Waals surface area contributed by atoms with Crippen LogP contribution in [0.3, 0.4) is 0 Å². The molecule has 0 spiro atoms. The Hall–Kier alpha value is -2.11. The van der Waals surface area contributed by atoms with Gasteiger partial charge in [-0.2, -0.15) is 28.1 Å². The van der Waals surface area contributed by atoms with Gasteiger partial charge in [0, 0.05) is 24.5 Å². The molecule has 0 bridgehead atoms. The maximum atomic E-state index is 14.3. The van der Waals surface area contributed by atoms with Crippen molar-refractivity contribution in [3.05, 3.63) is 11.7 Å². The molecule has 1 saturated carbocycles. The molecule has 28 heavy (non-hydrogen) atoms. The maximum Gasteiger partial charge on any atom is 0.408 e. The molecule has 1 heterocycles. The van der Waals surface area contributed by atoms with Crippen molar-refractivity contribution in [1.29, 1.82) is 0 Å². The molecule has 0 radical (unpaired) electrons. The largest absolute Gasteiger partial charge is 0.408 e. The SMILES string of the molecule is C[C@@H](Nc1nc(NC2CC(F)(F)C2)nc(C2=C(F)C(O)CCC2)n1)C(F)(F)F. The van der Waals surface area contributed by atoms with Crippen LogP contribution in [0.25, 0.3) is 5.57 Å². The number of aliphatic hydroxyl groups excluding tert-OH is 1. The van der Waals surface area contributed by atoms with Crippen molar-refractivity contribution in [1.82, 2.24) is 15.0 Å². The fourth-order valence-corrected chi connectivity index (χ4v) is 3.00. The third-order valence-electron chi connectivity index (χ3n) is 4.65. The van der Waals surface area contributed by atoms with Crippen LogP contribution in [0, 0.1) is 0 Å². The molecule has 156 valence electrons. The number of hydrogen-bond acceptors (Lipinski definition) is 6. The van der Waals surface area contributed by atoms with Crippen LogP contribution in [0.5, 0.6) is 0 Å². The highest BCUT2D eigenvalue weighted by Gasteiger charge is 2.45. The highest BCUT2D eigenvalue weighted by molar-refractivity contribution is 5.65. The number of aliphatic hydroxyl groups is 1. The van der Waals surface area contributed by atoms with Crippen molar-refractivity contribution in [2.45, 2.75) is 69.3 Å². The average Bonchev–Trinajstić information content (AvgIpc) is 2.54. The van der Waals surface area contributed by atoms with Crippen molar-refractivity contribution in [2.24, 2.45) is 0 Å². The van der Waals surface area contributed by atoms with Crippen molar-refractivity contribution in [2.75, 3.05) is 10.6 Å². The summed E-state index contributed by atoms with van der Waals surface area (Å²) in [6.45, 7) is 0.854. The third kappa shape index (κ3) is 4.65. The Labute approximate surface area is 156 Å². The topological polar surface area (TPSA) is 83.0 Å². The minimum Gasteiger partial charge on any atom is -0.386 e. The first kappa shape index (κ1) is 20.6. The Morgan fingerprint density at radius 3 is 2.39 bits per heavy atom. The van der Waals surface area contributed by atoms with Crippen molar-refractivity contribution in [3.8, 4) is 0 Å². The van der Waals surface area contributed by atoms with E-state index in [4.69, 9.17) is 0 Å². The van der Waals surface area contributed by atoms with Crippen LogP contribution < -0.4 is 10.6 Å². The molecular formula is C16H19F6N5O. The van der Waals surface area contributed by atoms with Gasteiger partial charge in [0.2, 0.25) is 11.9 Å². The lowest BCUT2D eigenvalue weighted by Crippen LogP contribution is -2.44. The molecule has 1 aromatic heterocycles. The number of halogens is 6. The molecule has 0 aliphatic heterocycles. The highest BCUT2D eigenvalue weighted by Crippen LogP contribution is 2.39. The predicted molar refractivity (Wildman–Crippen MR) is 88.4 cm³/mol. The van der Waals surface area contributed by atoms with E-state index in [0.717, 1.165) is 6.92 Å². The minimum absolute atomic E-state index is 0.0362. The van der Waals surface area contributed by atoms with Crippen molar-refractivity contribution >= 4 is 17.5 Å². The van der Waals surface area contributed by atoms with E-state index in [2.05, 4.69) is 25.6 Å². The molecule has 12 heteroatoms. The Bertz CT molecular complexity index is 760. The normalized spacial score (nSPS) is 23.9. The van der Waals surface area contributed by atoms with E-state index in [9.17, 15) is 31.4 Å². The Morgan fingerprint density at radius 2 is 1.79 bits per heavy atom. The standard InChI is InChI=1S/C16H19F6N5O/c1-7(16(20,21)22)23-13-25-12(9-3-2-4-10(28)11(9)17)26-14(27-13)24-8-5-15(18,19)6-8/h7-8,10,28H,2-6H2,1H3,(H2,23,24,25,26,27)/t7-,10?/m1/s1. The van der Waals surface area contributed by atoms with E-state index >= 15 is 0 Å². The van der Waals surface area contributed by atoms with Crippen molar-refractivity contribution < 1.29 is 31.4 Å². The van der Waals surface area contributed by atoms with Crippen LogP contribution in [0.15, 0.2) is 5.83 Å². The van der Waals surface area contributed by atoms with Gasteiger partial charge in [-0.1, -0.05) is 0 Å². The summed E-state index contributed by atoms with van der Waals surface area (Å²) in [6, 6.07) is -2.66. The van der Waals surface area contributed by atoms with Gasteiger partial charge in [0.1, 0.15) is 18.0 Å². The number of rotatable bonds is 5. The number of aromatic nitrogens is 3. The number of nitrogens with zero attached hydrogens (tertiary/aromatic N) is 3. The van der Waals surface area contributed by atoms with E-state index in [1.165, 1.54) is 0 Å². The molecule has 1 aromatic rings. The Morgan fingerprint density at radius 1 is 1.14 bits per heavy atom.